The van der Waals surface area contributed by atoms with Crippen LogP contribution in [0.4, 0.5) is 15.7 Å². The van der Waals surface area contributed by atoms with Crippen LogP contribution in [0.5, 0.6) is 0 Å². The molecule has 0 spiro atoms. The standard InChI is InChI=1S/C12H13N3O3S/c16-7-6-13-11-14-10(15-12(17)18)9(19-11)8-4-2-1-3-5-8/h1-5,15-16H,6-7H2,(H,13,14)(H,17,18). The number of aliphatic hydroxyl groups excluding tert-OH is 1. The number of nitrogens with zero attached hydrogens (tertiary/aromatic N) is 1. The summed E-state index contributed by atoms with van der Waals surface area (Å²) >= 11 is 1.34. The number of benzene rings is 1. The first kappa shape index (κ1) is 13.3. The van der Waals surface area contributed by atoms with Gasteiger partial charge in [0.05, 0.1) is 11.5 Å². The number of rotatable bonds is 5. The maximum Gasteiger partial charge on any atom is 0.410 e. The van der Waals surface area contributed by atoms with Crippen molar-refractivity contribution >= 4 is 28.4 Å². The van der Waals surface area contributed by atoms with Gasteiger partial charge in [-0.05, 0) is 5.56 Å². The van der Waals surface area contributed by atoms with Gasteiger partial charge in [0.25, 0.3) is 0 Å². The monoisotopic (exact) mass is 279 g/mol. The van der Waals surface area contributed by atoms with E-state index in [2.05, 4.69) is 15.6 Å². The molecule has 0 aliphatic rings. The van der Waals surface area contributed by atoms with E-state index in [0.29, 0.717) is 17.5 Å². The number of amides is 1. The highest BCUT2D eigenvalue weighted by Crippen LogP contribution is 2.36. The van der Waals surface area contributed by atoms with Crippen molar-refractivity contribution in [3.8, 4) is 10.4 Å². The summed E-state index contributed by atoms with van der Waals surface area (Å²) in [6, 6.07) is 9.41. The van der Waals surface area contributed by atoms with Crippen LogP contribution in [-0.4, -0.2) is 34.4 Å². The number of hydrogen-bond acceptors (Lipinski definition) is 5. The van der Waals surface area contributed by atoms with Crippen LogP contribution in [0.2, 0.25) is 0 Å². The van der Waals surface area contributed by atoms with Crippen LogP contribution in [0.25, 0.3) is 10.4 Å². The first-order chi connectivity index (χ1) is 9.20. The van der Waals surface area contributed by atoms with E-state index in [4.69, 9.17) is 10.2 Å². The number of nitrogens with one attached hydrogen (secondary N) is 2. The second-order valence-electron chi connectivity index (χ2n) is 3.64. The first-order valence-electron chi connectivity index (χ1n) is 5.61. The molecular weight excluding hydrogens is 266 g/mol. The lowest BCUT2D eigenvalue weighted by molar-refractivity contribution is 0.209. The average Bonchev–Trinajstić information content (AvgIpc) is 2.79. The summed E-state index contributed by atoms with van der Waals surface area (Å²) in [5.74, 6) is 0.295. The Bertz CT molecular complexity index is 557. The van der Waals surface area contributed by atoms with Gasteiger partial charge in [0.15, 0.2) is 10.9 Å². The van der Waals surface area contributed by atoms with Crippen molar-refractivity contribution in [2.45, 2.75) is 0 Å². The molecule has 0 bridgehead atoms. The summed E-state index contributed by atoms with van der Waals surface area (Å²) in [4.78, 5) is 15.7. The van der Waals surface area contributed by atoms with E-state index >= 15 is 0 Å². The molecule has 100 valence electrons. The molecule has 19 heavy (non-hydrogen) atoms. The summed E-state index contributed by atoms with van der Waals surface area (Å²) in [5.41, 5.74) is 0.890. The van der Waals surface area contributed by atoms with Gasteiger partial charge in [-0.3, -0.25) is 5.32 Å². The Labute approximate surface area is 113 Å². The van der Waals surface area contributed by atoms with E-state index in [9.17, 15) is 4.79 Å². The summed E-state index contributed by atoms with van der Waals surface area (Å²) in [6.07, 6.45) is -1.16. The van der Waals surface area contributed by atoms with Gasteiger partial charge in [-0.25, -0.2) is 9.78 Å². The minimum atomic E-state index is -1.16. The van der Waals surface area contributed by atoms with E-state index in [-0.39, 0.29) is 6.61 Å². The molecular formula is C12H13N3O3S. The highest BCUT2D eigenvalue weighted by atomic mass is 32.1. The number of hydrogen-bond donors (Lipinski definition) is 4. The van der Waals surface area contributed by atoms with Crippen molar-refractivity contribution in [2.75, 3.05) is 23.8 Å². The third-order valence-corrected chi connectivity index (χ3v) is 3.34. The Morgan fingerprint density at radius 2 is 2.05 bits per heavy atom. The Hall–Kier alpha value is -2.12. The molecule has 0 radical (unpaired) electrons. The second kappa shape index (κ2) is 6.17. The number of aromatic nitrogens is 1. The molecule has 0 aliphatic carbocycles. The lowest BCUT2D eigenvalue weighted by Gasteiger charge is -2.00. The van der Waals surface area contributed by atoms with Crippen molar-refractivity contribution in [1.82, 2.24) is 4.98 Å². The molecule has 7 heteroatoms. The normalized spacial score (nSPS) is 10.2. The molecule has 4 N–H and O–H groups in total. The van der Waals surface area contributed by atoms with Gasteiger partial charge < -0.3 is 15.5 Å². The summed E-state index contributed by atoms with van der Waals surface area (Å²) in [5, 5.41) is 23.4. The van der Waals surface area contributed by atoms with Crippen LogP contribution in [-0.2, 0) is 0 Å². The molecule has 1 aromatic carbocycles. The van der Waals surface area contributed by atoms with Gasteiger partial charge in [0, 0.05) is 6.54 Å². The van der Waals surface area contributed by atoms with Gasteiger partial charge in [0.1, 0.15) is 0 Å². The number of anilines is 2. The van der Waals surface area contributed by atoms with Crippen molar-refractivity contribution in [3.05, 3.63) is 30.3 Å². The number of carbonyl (C=O) groups is 1. The topological polar surface area (TPSA) is 94.5 Å². The third kappa shape index (κ3) is 3.43. The summed E-state index contributed by atoms with van der Waals surface area (Å²) < 4.78 is 0. The van der Waals surface area contributed by atoms with Crippen molar-refractivity contribution in [2.24, 2.45) is 0 Å². The van der Waals surface area contributed by atoms with Crippen LogP contribution in [0.15, 0.2) is 30.3 Å². The zero-order chi connectivity index (χ0) is 13.7. The van der Waals surface area contributed by atoms with Crippen molar-refractivity contribution < 1.29 is 15.0 Å². The lowest BCUT2D eigenvalue weighted by atomic mass is 10.2. The van der Waals surface area contributed by atoms with Gasteiger partial charge >= 0.3 is 6.09 Å². The third-order valence-electron chi connectivity index (χ3n) is 2.28. The minimum absolute atomic E-state index is 0.0120. The van der Waals surface area contributed by atoms with E-state index in [0.717, 1.165) is 10.4 Å². The zero-order valence-corrected chi connectivity index (χ0v) is 10.8. The molecule has 2 rings (SSSR count). The van der Waals surface area contributed by atoms with Crippen LogP contribution in [0.1, 0.15) is 0 Å². The SMILES string of the molecule is O=C(O)Nc1nc(NCCO)sc1-c1ccccc1. The molecule has 2 aromatic rings. The smallest absolute Gasteiger partial charge is 0.410 e. The number of aliphatic hydroxyl groups is 1. The van der Waals surface area contributed by atoms with Crippen LogP contribution in [0, 0.1) is 0 Å². The maximum atomic E-state index is 10.8. The molecule has 1 aromatic heterocycles. The molecule has 0 saturated carbocycles. The molecule has 0 unspecified atom stereocenters. The van der Waals surface area contributed by atoms with Gasteiger partial charge in [-0.15, -0.1) is 0 Å². The molecule has 0 saturated heterocycles. The number of thiazole rings is 1. The summed E-state index contributed by atoms with van der Waals surface area (Å²) in [6.45, 7) is 0.357. The highest BCUT2D eigenvalue weighted by molar-refractivity contribution is 7.19. The van der Waals surface area contributed by atoms with E-state index in [1.54, 1.807) is 0 Å². The van der Waals surface area contributed by atoms with Gasteiger partial charge in [-0.1, -0.05) is 41.7 Å². The fraction of sp³-hybridized carbons (Fsp3) is 0.167. The number of carboxylic acid groups (broad SMARTS) is 1. The second-order valence-corrected chi connectivity index (χ2v) is 4.64. The van der Waals surface area contributed by atoms with Crippen LogP contribution >= 0.6 is 11.3 Å². The van der Waals surface area contributed by atoms with Gasteiger partial charge in [-0.2, -0.15) is 0 Å². The van der Waals surface area contributed by atoms with E-state index < -0.39 is 6.09 Å². The van der Waals surface area contributed by atoms with Crippen molar-refractivity contribution in [3.63, 3.8) is 0 Å². The predicted molar refractivity (Wildman–Crippen MR) is 74.8 cm³/mol. The minimum Gasteiger partial charge on any atom is -0.465 e. The highest BCUT2D eigenvalue weighted by Gasteiger charge is 2.14. The molecule has 6 nitrogen and oxygen atoms in total. The van der Waals surface area contributed by atoms with E-state index in [1.807, 2.05) is 30.3 Å². The Morgan fingerprint density at radius 3 is 2.68 bits per heavy atom. The lowest BCUT2D eigenvalue weighted by Crippen LogP contribution is -2.09. The predicted octanol–water partition coefficient (Wildman–Crippen LogP) is 2.30. The first-order valence-corrected chi connectivity index (χ1v) is 6.43. The fourth-order valence-corrected chi connectivity index (χ4v) is 2.48. The maximum absolute atomic E-state index is 10.8. The van der Waals surface area contributed by atoms with Crippen molar-refractivity contribution in [1.29, 1.82) is 0 Å². The molecule has 1 heterocycles. The average molecular weight is 279 g/mol. The summed E-state index contributed by atoms with van der Waals surface area (Å²) in [7, 11) is 0. The Morgan fingerprint density at radius 1 is 1.32 bits per heavy atom. The quantitative estimate of drug-likeness (QED) is 0.673. The zero-order valence-electron chi connectivity index (χ0n) is 9.96. The largest absolute Gasteiger partial charge is 0.465 e. The molecule has 1 amide bonds. The van der Waals surface area contributed by atoms with Crippen LogP contribution in [0.3, 0.4) is 0 Å². The molecule has 0 aliphatic heterocycles. The Kier molecular flexibility index (Phi) is 4.32. The fourth-order valence-electron chi connectivity index (χ4n) is 1.53. The molecule has 0 fully saturated rings. The van der Waals surface area contributed by atoms with Crippen LogP contribution < -0.4 is 10.6 Å². The Balaban J connectivity index is 2.33. The molecule has 0 atom stereocenters. The van der Waals surface area contributed by atoms with Gasteiger partial charge in [0.2, 0.25) is 0 Å². The van der Waals surface area contributed by atoms with E-state index in [1.165, 1.54) is 11.3 Å².